The van der Waals surface area contributed by atoms with E-state index in [-0.39, 0.29) is 54.2 Å². The van der Waals surface area contributed by atoms with Crippen LogP contribution in [0.2, 0.25) is 0 Å². The lowest BCUT2D eigenvalue weighted by atomic mass is 9.88. The standard InChI is InChI=1S/C45H50F2N12O7S/c1-4-55(2)67(63,64)54-37-8-6-34(46)43(33(37)22-48)66-32-5-7-36-29(19-32)25-59(27-51-36)31-23-49-45(50-24-31)58-17-15-57(16-18-58)41(61)26-56-13-11-28(12-14-56)42-35(47)20-30(21-39(42)65-3)52-38-9-10-40(60)53-44(38)62/h5-8,19-21,23-24,27-28,38,52,54H,4,9-18,25-26H2,1-3H3,(H,53,60,62). The molecule has 22 heteroatoms. The summed E-state index contributed by atoms with van der Waals surface area (Å²) in [6.45, 7) is 5.74. The number of benzene rings is 3. The zero-order valence-electron chi connectivity index (χ0n) is 37.2. The molecule has 4 aliphatic rings. The SMILES string of the molecule is CCN(C)S(=O)(=O)Nc1ccc(F)c(Oc2ccc3c(c2)CN(c2cnc(N4CCN(C(=O)CN5CCC(c6c(F)cc(NC7CCC(=O)NC7=O)cc6OC)CC5)CC4)nc2)C=N3)c1C#N. The van der Waals surface area contributed by atoms with E-state index in [0.717, 1.165) is 15.9 Å². The minimum atomic E-state index is -4.00. The summed E-state index contributed by atoms with van der Waals surface area (Å²) in [5.74, 6) is -1.44. The first-order valence-electron chi connectivity index (χ1n) is 21.9. The van der Waals surface area contributed by atoms with E-state index in [1.165, 1.54) is 26.3 Å². The molecule has 0 bridgehead atoms. The molecule has 1 atom stereocenters. The highest BCUT2D eigenvalue weighted by Gasteiger charge is 2.32. The van der Waals surface area contributed by atoms with Gasteiger partial charge in [0, 0.05) is 69.1 Å². The van der Waals surface area contributed by atoms with Crippen LogP contribution in [-0.2, 0) is 31.1 Å². The van der Waals surface area contributed by atoms with Crippen LogP contribution in [0.25, 0.3) is 0 Å². The van der Waals surface area contributed by atoms with E-state index in [1.807, 2.05) is 20.8 Å². The summed E-state index contributed by atoms with van der Waals surface area (Å²) >= 11 is 0. The van der Waals surface area contributed by atoms with Crippen LogP contribution in [0.15, 0.2) is 59.9 Å². The van der Waals surface area contributed by atoms with Crippen molar-refractivity contribution in [3.8, 4) is 23.3 Å². The molecular weight excluding hydrogens is 891 g/mol. The van der Waals surface area contributed by atoms with Gasteiger partial charge in [0.1, 0.15) is 35.0 Å². The lowest BCUT2D eigenvalue weighted by Gasteiger charge is -2.37. The molecule has 0 aliphatic carbocycles. The molecule has 67 heavy (non-hydrogen) atoms. The van der Waals surface area contributed by atoms with Crippen LogP contribution in [0.5, 0.6) is 17.2 Å². The van der Waals surface area contributed by atoms with Gasteiger partial charge in [0.2, 0.25) is 23.7 Å². The van der Waals surface area contributed by atoms with Crippen LogP contribution >= 0.6 is 0 Å². The second-order valence-electron chi connectivity index (χ2n) is 16.6. The van der Waals surface area contributed by atoms with E-state index < -0.39 is 39.5 Å². The molecule has 3 N–H and O–H groups in total. The highest BCUT2D eigenvalue weighted by atomic mass is 32.2. The molecule has 3 saturated heterocycles. The summed E-state index contributed by atoms with van der Waals surface area (Å²) < 4.78 is 70.9. The minimum Gasteiger partial charge on any atom is -0.496 e. The Balaban J connectivity index is 0.817. The fourth-order valence-electron chi connectivity index (χ4n) is 8.48. The Bertz CT molecular complexity index is 2720. The highest BCUT2D eigenvalue weighted by molar-refractivity contribution is 7.90. The second-order valence-corrected chi connectivity index (χ2v) is 18.4. The van der Waals surface area contributed by atoms with Crippen LogP contribution in [0.1, 0.15) is 55.2 Å². The molecule has 3 fully saturated rings. The highest BCUT2D eigenvalue weighted by Crippen LogP contribution is 2.39. The van der Waals surface area contributed by atoms with E-state index in [9.17, 15) is 28.1 Å². The Kier molecular flexibility index (Phi) is 13.8. The number of nitriles is 1. The lowest BCUT2D eigenvalue weighted by molar-refractivity contribution is -0.134. The average Bonchev–Trinajstić information content (AvgIpc) is 3.33. The monoisotopic (exact) mass is 940 g/mol. The van der Waals surface area contributed by atoms with Crippen molar-refractivity contribution in [1.29, 1.82) is 5.26 Å². The summed E-state index contributed by atoms with van der Waals surface area (Å²) in [5.41, 5.74) is 2.49. The number of hydrogen-bond donors (Lipinski definition) is 3. The normalized spacial score (nSPS) is 18.0. The number of methoxy groups -OCH3 is 1. The predicted octanol–water partition coefficient (Wildman–Crippen LogP) is 4.46. The molecule has 0 spiro atoms. The quantitative estimate of drug-likeness (QED) is 0.149. The van der Waals surface area contributed by atoms with Crippen LogP contribution in [0.3, 0.4) is 0 Å². The zero-order chi connectivity index (χ0) is 47.4. The molecule has 1 unspecified atom stereocenters. The topological polar surface area (TPSA) is 218 Å². The molecule has 3 amide bonds. The molecule has 8 rings (SSSR count). The van der Waals surface area contributed by atoms with Crippen LogP contribution in [0, 0.1) is 23.0 Å². The number of nitrogens with one attached hydrogen (secondary N) is 3. The van der Waals surface area contributed by atoms with Gasteiger partial charge in [0.05, 0.1) is 56.0 Å². The Labute approximate surface area is 386 Å². The summed E-state index contributed by atoms with van der Waals surface area (Å²) in [5, 5.41) is 15.2. The van der Waals surface area contributed by atoms with Gasteiger partial charge in [0.15, 0.2) is 11.6 Å². The molecule has 19 nitrogen and oxygen atoms in total. The van der Waals surface area contributed by atoms with Crippen LogP contribution < -0.4 is 34.6 Å². The Morgan fingerprint density at radius 2 is 1.75 bits per heavy atom. The number of nitrogens with zero attached hydrogens (tertiary/aromatic N) is 9. The maximum Gasteiger partial charge on any atom is 0.301 e. The van der Waals surface area contributed by atoms with Crippen molar-refractivity contribution in [2.45, 2.75) is 51.1 Å². The molecule has 4 aliphatic heterocycles. The number of carbonyl (C=O) groups excluding carboxylic acids is 3. The van der Waals surface area contributed by atoms with Gasteiger partial charge in [-0.1, -0.05) is 6.92 Å². The lowest BCUT2D eigenvalue weighted by Crippen LogP contribution is -2.52. The summed E-state index contributed by atoms with van der Waals surface area (Å²) in [4.78, 5) is 58.8. The first-order chi connectivity index (χ1) is 32.2. The largest absolute Gasteiger partial charge is 0.496 e. The number of piperidine rings is 2. The number of likely N-dealkylation sites (tertiary alicyclic amines) is 1. The van der Waals surface area contributed by atoms with Gasteiger partial charge < -0.3 is 29.5 Å². The van der Waals surface area contributed by atoms with Crippen molar-refractivity contribution in [3.05, 3.63) is 83.2 Å². The van der Waals surface area contributed by atoms with Crippen molar-refractivity contribution < 1.29 is 41.1 Å². The molecule has 5 heterocycles. The number of fused-ring (bicyclic) bond motifs is 1. The number of rotatable bonds is 14. The molecule has 0 radical (unpaired) electrons. The number of anilines is 4. The third-order valence-electron chi connectivity index (χ3n) is 12.4. The Morgan fingerprint density at radius 1 is 1.00 bits per heavy atom. The fourth-order valence-corrected chi connectivity index (χ4v) is 9.42. The molecule has 0 saturated carbocycles. The zero-order valence-corrected chi connectivity index (χ0v) is 38.0. The van der Waals surface area contributed by atoms with Gasteiger partial charge in [-0.15, -0.1) is 0 Å². The molecule has 1 aromatic heterocycles. The van der Waals surface area contributed by atoms with E-state index >= 15 is 8.78 Å². The maximum absolute atomic E-state index is 15.6. The van der Waals surface area contributed by atoms with Crippen molar-refractivity contribution in [3.63, 3.8) is 0 Å². The van der Waals surface area contributed by atoms with Crippen molar-refractivity contribution >= 4 is 63.0 Å². The number of imide groups is 1. The number of aliphatic imine (C=N–C) groups is 1. The first-order valence-corrected chi connectivity index (χ1v) is 23.3. The van der Waals surface area contributed by atoms with Crippen molar-refractivity contribution in [2.75, 3.05) is 86.4 Å². The van der Waals surface area contributed by atoms with Gasteiger partial charge in [-0.3, -0.25) is 29.3 Å². The molecule has 3 aromatic carbocycles. The molecule has 352 valence electrons. The molecular formula is C45H50F2N12O7S. The summed E-state index contributed by atoms with van der Waals surface area (Å²) in [6, 6.07) is 11.4. The van der Waals surface area contributed by atoms with E-state index in [4.69, 9.17) is 9.47 Å². The predicted molar refractivity (Wildman–Crippen MR) is 245 cm³/mol. The van der Waals surface area contributed by atoms with Gasteiger partial charge in [0.25, 0.3) is 0 Å². The van der Waals surface area contributed by atoms with Gasteiger partial charge in [-0.25, -0.2) is 23.7 Å². The van der Waals surface area contributed by atoms with E-state index in [0.29, 0.717) is 99.4 Å². The number of ether oxygens (including phenoxy) is 2. The number of hydrogen-bond acceptors (Lipinski definition) is 15. The van der Waals surface area contributed by atoms with Gasteiger partial charge in [-0.05, 0) is 74.7 Å². The van der Waals surface area contributed by atoms with Crippen LogP contribution in [-0.4, -0.2) is 129 Å². The average molecular weight is 941 g/mol. The van der Waals surface area contributed by atoms with Gasteiger partial charge >= 0.3 is 10.2 Å². The maximum atomic E-state index is 15.6. The minimum absolute atomic E-state index is 0.0206. The Hall–Kier alpha value is -6.96. The van der Waals surface area contributed by atoms with E-state index in [2.05, 4.69) is 35.2 Å². The third kappa shape index (κ3) is 10.4. The third-order valence-corrected chi connectivity index (χ3v) is 13.9. The van der Waals surface area contributed by atoms with Crippen LogP contribution in [0.4, 0.5) is 37.5 Å². The summed E-state index contributed by atoms with van der Waals surface area (Å²) in [6.07, 6.45) is 6.83. The van der Waals surface area contributed by atoms with Crippen molar-refractivity contribution in [2.24, 2.45) is 4.99 Å². The number of carbonyl (C=O) groups is 3. The number of amides is 3. The van der Waals surface area contributed by atoms with Crippen molar-refractivity contribution in [1.82, 2.24) is 29.4 Å². The van der Waals surface area contributed by atoms with Gasteiger partial charge in [-0.2, -0.15) is 18.0 Å². The Morgan fingerprint density at radius 3 is 2.43 bits per heavy atom. The number of halogens is 2. The van der Waals surface area contributed by atoms with E-state index in [1.54, 1.807) is 49.9 Å². The number of piperazine rings is 1. The molecule has 4 aromatic rings. The smallest absolute Gasteiger partial charge is 0.301 e. The fraction of sp³-hybridized carbons (Fsp3) is 0.400. The first kappa shape index (κ1) is 46.6. The summed E-state index contributed by atoms with van der Waals surface area (Å²) in [7, 11) is -1.14. The second kappa shape index (κ2) is 19.9. The number of aromatic nitrogens is 2.